The smallest absolute Gasteiger partial charge is 0.297 e. The van der Waals surface area contributed by atoms with Gasteiger partial charge in [0.15, 0.2) is 11.4 Å². The first-order chi connectivity index (χ1) is 25.5. The number of amides is 1. The van der Waals surface area contributed by atoms with Crippen LogP contribution in [0.5, 0.6) is 11.5 Å². The summed E-state index contributed by atoms with van der Waals surface area (Å²) in [5.41, 5.74) is 2.38. The molecule has 1 fully saturated rings. The molecular weight excluding hydrogens is 710 g/mol. The predicted octanol–water partition coefficient (Wildman–Crippen LogP) is 5.49. The average molecular weight is 754 g/mol. The Balaban J connectivity index is 1.25. The van der Waals surface area contributed by atoms with Crippen molar-refractivity contribution >= 4 is 36.5 Å². The number of fused-ring (bicyclic) bond motifs is 2. The van der Waals surface area contributed by atoms with Crippen molar-refractivity contribution in [1.82, 2.24) is 19.6 Å². The molecule has 2 aliphatic heterocycles. The van der Waals surface area contributed by atoms with Crippen molar-refractivity contribution in [2.75, 3.05) is 25.7 Å². The Hall–Kier alpha value is -4.75. The first-order valence-corrected chi connectivity index (χ1v) is 21.3. The van der Waals surface area contributed by atoms with E-state index in [0.29, 0.717) is 36.6 Å². The zero-order chi connectivity index (χ0) is 37.5. The summed E-state index contributed by atoms with van der Waals surface area (Å²) in [7, 11) is 0.781. The normalized spacial score (nSPS) is 21.0. The summed E-state index contributed by atoms with van der Waals surface area (Å²) in [5, 5.41) is 19.7. The van der Waals surface area contributed by atoms with Crippen molar-refractivity contribution in [3.05, 3.63) is 123 Å². The minimum atomic E-state index is -2.36. The molecule has 1 N–H and O–H groups in total. The molecule has 0 aliphatic carbocycles. The quantitative estimate of drug-likeness (QED) is 0.166. The third kappa shape index (κ3) is 6.47. The minimum Gasteiger partial charge on any atom is -0.497 e. The number of aliphatic hydroxyl groups excluding tert-OH is 1. The third-order valence-corrected chi connectivity index (χ3v) is 15.7. The number of aryl methyl sites for hydroxylation is 1. The molecule has 0 unspecified atom stereocenters. The van der Waals surface area contributed by atoms with Crippen LogP contribution in [0.25, 0.3) is 5.69 Å². The Labute approximate surface area is 314 Å². The molecule has 2 aliphatic rings. The molecule has 1 saturated heterocycles. The van der Waals surface area contributed by atoms with Crippen LogP contribution in [0.15, 0.2) is 96.1 Å². The summed E-state index contributed by atoms with van der Waals surface area (Å²) in [6, 6.07) is 24.9. The number of anilines is 1. The fourth-order valence-corrected chi connectivity index (χ4v) is 12.7. The number of carbonyl (C=O) groups is 1. The predicted molar refractivity (Wildman–Crippen MR) is 206 cm³/mol. The van der Waals surface area contributed by atoms with E-state index in [1.54, 1.807) is 30.1 Å². The molecule has 7 rings (SSSR count). The molecule has 0 bridgehead atoms. The van der Waals surface area contributed by atoms with Gasteiger partial charge in [-0.3, -0.25) is 18.8 Å². The Kier molecular flexibility index (Phi) is 10.1. The number of ether oxygens (including phenoxy) is 3. The van der Waals surface area contributed by atoms with Crippen LogP contribution in [0, 0.1) is 5.92 Å². The Morgan fingerprint density at radius 2 is 1.75 bits per heavy atom. The fourth-order valence-electron chi connectivity index (χ4n) is 8.43. The standard InChI is InChI=1S/C40H44ClN5O6Si/c1-26-37(53(4,5)32-15-13-31(50-2)14-16-32)35(18-21-44-25-29(19-22-47)42-43-44)52-40(26)33-23-28(41)10-17-34(33)46(39(40)49)24-27-8-11-30(12-9-27)45-20-6-7-36(51-3)38(45)48/h6-17,20,23,25-26,35,37,47H,18-19,21-22,24H2,1-5H3/t26-,35+,37-,40+/m0/s1. The van der Waals surface area contributed by atoms with Gasteiger partial charge in [0.25, 0.3) is 11.5 Å². The van der Waals surface area contributed by atoms with Crippen molar-refractivity contribution in [3.63, 3.8) is 0 Å². The molecule has 1 spiro atoms. The zero-order valence-corrected chi connectivity index (χ0v) is 32.3. The lowest BCUT2D eigenvalue weighted by atomic mass is 9.82. The molecule has 4 atom stereocenters. The first kappa shape index (κ1) is 36.6. The van der Waals surface area contributed by atoms with Crippen molar-refractivity contribution in [2.24, 2.45) is 5.92 Å². The van der Waals surface area contributed by atoms with Crippen LogP contribution in [0.4, 0.5) is 5.69 Å². The number of hydrogen-bond donors (Lipinski definition) is 1. The van der Waals surface area contributed by atoms with Crippen LogP contribution in [0.2, 0.25) is 23.7 Å². The van der Waals surface area contributed by atoms with E-state index in [4.69, 9.17) is 25.8 Å². The summed E-state index contributed by atoms with van der Waals surface area (Å²) in [6.45, 7) is 7.71. The Morgan fingerprint density at radius 1 is 1.00 bits per heavy atom. The molecule has 5 aromatic rings. The summed E-state index contributed by atoms with van der Waals surface area (Å²) >= 11 is 6.69. The van der Waals surface area contributed by atoms with Gasteiger partial charge in [0, 0.05) is 54.2 Å². The largest absolute Gasteiger partial charge is 0.497 e. The molecule has 13 heteroatoms. The van der Waals surface area contributed by atoms with E-state index >= 15 is 4.79 Å². The van der Waals surface area contributed by atoms with Gasteiger partial charge in [0.2, 0.25) is 0 Å². The minimum absolute atomic E-state index is 0.00119. The topological polar surface area (TPSA) is 121 Å². The van der Waals surface area contributed by atoms with E-state index in [-0.39, 0.29) is 41.4 Å². The highest BCUT2D eigenvalue weighted by molar-refractivity contribution is 6.91. The number of benzene rings is 3. The second-order valence-corrected chi connectivity index (χ2v) is 19.5. The number of aliphatic hydroxyl groups is 1. The third-order valence-electron chi connectivity index (χ3n) is 11.1. The number of methoxy groups -OCH3 is 2. The number of hydrogen-bond acceptors (Lipinski definition) is 8. The van der Waals surface area contributed by atoms with Gasteiger partial charge >= 0.3 is 0 Å². The number of aromatic nitrogens is 4. The monoisotopic (exact) mass is 753 g/mol. The summed E-state index contributed by atoms with van der Waals surface area (Å²) in [4.78, 5) is 29.8. The van der Waals surface area contributed by atoms with Gasteiger partial charge in [-0.1, -0.05) is 66.3 Å². The van der Waals surface area contributed by atoms with Gasteiger partial charge in [0.1, 0.15) is 5.75 Å². The van der Waals surface area contributed by atoms with E-state index in [0.717, 1.165) is 28.3 Å². The number of rotatable bonds is 12. The van der Waals surface area contributed by atoms with E-state index in [2.05, 4.69) is 42.5 Å². The van der Waals surface area contributed by atoms with Gasteiger partial charge in [0.05, 0.1) is 46.3 Å². The zero-order valence-electron chi connectivity index (χ0n) is 30.5. The van der Waals surface area contributed by atoms with Crippen LogP contribution in [-0.2, 0) is 34.6 Å². The van der Waals surface area contributed by atoms with E-state index in [1.807, 2.05) is 65.7 Å². The number of carbonyl (C=O) groups excluding carboxylic acids is 1. The summed E-state index contributed by atoms with van der Waals surface area (Å²) < 4.78 is 21.3. The lowest BCUT2D eigenvalue weighted by Crippen LogP contribution is -2.51. The maximum atomic E-state index is 15.1. The van der Waals surface area contributed by atoms with Crippen molar-refractivity contribution in [3.8, 4) is 17.2 Å². The molecular formula is C40H44ClN5O6Si. The van der Waals surface area contributed by atoms with E-state index in [9.17, 15) is 9.90 Å². The molecule has 276 valence electrons. The summed E-state index contributed by atoms with van der Waals surface area (Å²) in [6.07, 6.45) is 4.32. The Morgan fingerprint density at radius 3 is 2.45 bits per heavy atom. The summed E-state index contributed by atoms with van der Waals surface area (Å²) in [5.74, 6) is 0.733. The molecule has 0 radical (unpaired) electrons. The van der Waals surface area contributed by atoms with Gasteiger partial charge in [-0.2, -0.15) is 0 Å². The van der Waals surface area contributed by atoms with Gasteiger partial charge in [-0.25, -0.2) is 0 Å². The van der Waals surface area contributed by atoms with Crippen LogP contribution >= 0.6 is 11.6 Å². The lowest BCUT2D eigenvalue weighted by Gasteiger charge is -2.37. The molecule has 2 aromatic heterocycles. The second kappa shape index (κ2) is 14.6. The number of halogens is 1. The average Bonchev–Trinajstić information content (AvgIpc) is 3.81. The second-order valence-electron chi connectivity index (χ2n) is 14.4. The highest BCUT2D eigenvalue weighted by Gasteiger charge is 2.66. The van der Waals surface area contributed by atoms with E-state index < -0.39 is 13.7 Å². The van der Waals surface area contributed by atoms with E-state index in [1.165, 1.54) is 16.9 Å². The maximum Gasteiger partial charge on any atom is 0.297 e. The molecule has 53 heavy (non-hydrogen) atoms. The van der Waals surface area contributed by atoms with Gasteiger partial charge in [-0.15, -0.1) is 5.10 Å². The van der Waals surface area contributed by atoms with Gasteiger partial charge < -0.3 is 24.2 Å². The van der Waals surface area contributed by atoms with Crippen LogP contribution in [-0.4, -0.2) is 65.6 Å². The van der Waals surface area contributed by atoms with Crippen molar-refractivity contribution < 1.29 is 24.1 Å². The molecule has 0 saturated carbocycles. The molecule has 1 amide bonds. The fraction of sp³-hybridized carbons (Fsp3) is 0.350. The molecule has 4 heterocycles. The first-order valence-electron chi connectivity index (χ1n) is 17.8. The van der Waals surface area contributed by atoms with Crippen LogP contribution in [0.1, 0.15) is 30.2 Å². The lowest BCUT2D eigenvalue weighted by molar-refractivity contribution is -0.146. The highest BCUT2D eigenvalue weighted by atomic mass is 35.5. The molecule has 11 nitrogen and oxygen atoms in total. The maximum absolute atomic E-state index is 15.1. The van der Waals surface area contributed by atoms with Crippen molar-refractivity contribution in [1.29, 1.82) is 0 Å². The Bertz CT molecular complexity index is 2170. The van der Waals surface area contributed by atoms with Gasteiger partial charge in [-0.05, 0) is 72.1 Å². The number of nitrogens with zero attached hydrogens (tertiary/aromatic N) is 5. The highest BCUT2D eigenvalue weighted by Crippen LogP contribution is 2.60. The molecule has 3 aromatic carbocycles. The van der Waals surface area contributed by atoms with Crippen LogP contribution in [0.3, 0.4) is 0 Å². The van der Waals surface area contributed by atoms with Crippen molar-refractivity contribution in [2.45, 2.75) is 63.2 Å². The SMILES string of the molecule is COc1ccc([Si](C)(C)[C@@H]2[C@@H](CCn3cc(CCO)nn3)O[C@]3(C(=O)N(Cc4ccc(-n5cccc(OC)c5=O)cc4)c4ccc(Cl)cc43)[C@H]2C)cc1. The number of pyridine rings is 1. The van der Waals surface area contributed by atoms with Crippen LogP contribution < -0.4 is 25.1 Å².